The van der Waals surface area contributed by atoms with E-state index in [0.717, 1.165) is 32.1 Å². The van der Waals surface area contributed by atoms with Crippen LogP contribution in [0.3, 0.4) is 0 Å². The van der Waals surface area contributed by atoms with Crippen LogP contribution in [0.25, 0.3) is 0 Å². The quantitative estimate of drug-likeness (QED) is 0.182. The minimum absolute atomic E-state index is 0.371. The summed E-state index contributed by atoms with van der Waals surface area (Å²) in [6, 6.07) is 0. The fourth-order valence-corrected chi connectivity index (χ4v) is 4.11. The molecule has 1 N–H and O–H groups in total. The predicted octanol–water partition coefficient (Wildman–Crippen LogP) is 6.55. The molecule has 0 radical (unpaired) electrons. The van der Waals surface area contributed by atoms with Gasteiger partial charge in [-0.05, 0) is 31.6 Å². The minimum atomic E-state index is -3.92. The van der Waals surface area contributed by atoms with E-state index in [0.29, 0.717) is 18.8 Å². The highest BCUT2D eigenvalue weighted by Crippen LogP contribution is 2.23. The first-order valence-corrected chi connectivity index (χ1v) is 11.5. The average Bonchev–Trinajstić information content (AvgIpc) is 2.53. The zero-order valence-corrected chi connectivity index (χ0v) is 16.8. The summed E-state index contributed by atoms with van der Waals surface area (Å²) >= 11 is 0. The van der Waals surface area contributed by atoms with Crippen LogP contribution in [0.5, 0.6) is 0 Å². The molecule has 0 aliphatic carbocycles. The molecule has 2 unspecified atom stereocenters. The molecule has 24 heavy (non-hydrogen) atoms. The molecule has 2 atom stereocenters. The third kappa shape index (κ3) is 13.0. The summed E-state index contributed by atoms with van der Waals surface area (Å²) in [4.78, 5) is 0. The zero-order chi connectivity index (χ0) is 18.3. The highest BCUT2D eigenvalue weighted by atomic mass is 32.2. The van der Waals surface area contributed by atoms with Gasteiger partial charge in [0.1, 0.15) is 0 Å². The second kappa shape index (κ2) is 14.9. The van der Waals surface area contributed by atoms with E-state index in [-0.39, 0.29) is 0 Å². The van der Waals surface area contributed by atoms with Crippen LogP contribution in [0, 0.1) is 5.92 Å². The lowest BCUT2D eigenvalue weighted by atomic mass is 9.94. The molecule has 0 heterocycles. The van der Waals surface area contributed by atoms with Crippen molar-refractivity contribution in [3.05, 3.63) is 12.7 Å². The van der Waals surface area contributed by atoms with Gasteiger partial charge in [0.15, 0.2) is 0 Å². The van der Waals surface area contributed by atoms with Crippen LogP contribution in [-0.4, -0.2) is 18.2 Å². The Hall–Kier alpha value is -0.350. The maximum absolute atomic E-state index is 11.5. The van der Waals surface area contributed by atoms with Gasteiger partial charge in [-0.15, -0.1) is 6.58 Å². The first-order chi connectivity index (χ1) is 11.5. The van der Waals surface area contributed by atoms with Crippen LogP contribution in [0.4, 0.5) is 0 Å². The van der Waals surface area contributed by atoms with Crippen LogP contribution in [0.2, 0.25) is 0 Å². The van der Waals surface area contributed by atoms with E-state index < -0.39 is 15.4 Å². The highest BCUT2D eigenvalue weighted by molar-refractivity contribution is 7.86. The Bertz CT molecular complexity index is 390. The summed E-state index contributed by atoms with van der Waals surface area (Å²) < 4.78 is 32.5. The van der Waals surface area contributed by atoms with Crippen molar-refractivity contribution in [2.24, 2.45) is 5.92 Å². The number of allylic oxidation sites excluding steroid dienone is 1. The molecule has 0 aliphatic heterocycles. The van der Waals surface area contributed by atoms with Crippen molar-refractivity contribution >= 4 is 10.1 Å². The Labute approximate surface area is 151 Å². The van der Waals surface area contributed by atoms with Crippen molar-refractivity contribution in [2.75, 3.05) is 0 Å². The number of hydrogen-bond donors (Lipinski definition) is 1. The summed E-state index contributed by atoms with van der Waals surface area (Å²) in [5.41, 5.74) is 0. The van der Waals surface area contributed by atoms with Gasteiger partial charge in [-0.3, -0.25) is 4.55 Å². The molecule has 0 rings (SSSR count). The van der Waals surface area contributed by atoms with Gasteiger partial charge >= 0.3 is 0 Å². The van der Waals surface area contributed by atoms with E-state index in [1.54, 1.807) is 0 Å². The fourth-order valence-electron chi connectivity index (χ4n) is 3.21. The molecule has 0 aromatic rings. The second-order valence-corrected chi connectivity index (χ2v) is 8.81. The third-order valence-corrected chi connectivity index (χ3v) is 6.24. The number of unbranched alkanes of at least 4 members (excludes halogenated alkanes) is 8. The van der Waals surface area contributed by atoms with Crippen molar-refractivity contribution in [1.29, 1.82) is 0 Å². The monoisotopic (exact) mass is 360 g/mol. The second-order valence-electron chi connectivity index (χ2n) is 7.12. The van der Waals surface area contributed by atoms with Crippen molar-refractivity contribution < 1.29 is 13.0 Å². The molecule has 0 aromatic carbocycles. The first kappa shape index (κ1) is 23.6. The minimum Gasteiger partial charge on any atom is -0.285 e. The molecular formula is C20H40O3S. The fraction of sp³-hybridized carbons (Fsp3) is 0.900. The molecule has 4 heteroatoms. The maximum atomic E-state index is 11.5. The van der Waals surface area contributed by atoms with Crippen LogP contribution < -0.4 is 0 Å². The molecule has 144 valence electrons. The molecule has 0 spiro atoms. The molecule has 0 saturated carbocycles. The third-order valence-electron chi connectivity index (χ3n) is 4.92. The first-order valence-electron chi connectivity index (χ1n) is 10.0. The van der Waals surface area contributed by atoms with Gasteiger partial charge in [-0.25, -0.2) is 0 Å². The van der Waals surface area contributed by atoms with Gasteiger partial charge < -0.3 is 0 Å². The summed E-state index contributed by atoms with van der Waals surface area (Å²) in [6.07, 6.45) is 17.0. The van der Waals surface area contributed by atoms with E-state index in [2.05, 4.69) is 20.4 Å². The number of rotatable bonds is 17. The molecule has 3 nitrogen and oxygen atoms in total. The van der Waals surface area contributed by atoms with Gasteiger partial charge in [0, 0.05) is 0 Å². The molecule has 0 saturated heterocycles. The summed E-state index contributed by atoms with van der Waals surface area (Å²) in [5, 5.41) is -0.597. The highest BCUT2D eigenvalue weighted by Gasteiger charge is 2.23. The molecular weight excluding hydrogens is 320 g/mol. The smallest absolute Gasteiger partial charge is 0.267 e. The van der Waals surface area contributed by atoms with Gasteiger partial charge in [-0.1, -0.05) is 84.1 Å². The van der Waals surface area contributed by atoms with Gasteiger partial charge in [-0.2, -0.15) is 8.42 Å². The maximum Gasteiger partial charge on any atom is 0.267 e. The van der Waals surface area contributed by atoms with E-state index in [1.807, 2.05) is 6.08 Å². The van der Waals surface area contributed by atoms with Crippen LogP contribution >= 0.6 is 0 Å². The van der Waals surface area contributed by atoms with E-state index in [9.17, 15) is 13.0 Å². The lowest BCUT2D eigenvalue weighted by Gasteiger charge is -2.17. The summed E-state index contributed by atoms with van der Waals surface area (Å²) in [5.74, 6) is 0.371. The molecule has 0 fully saturated rings. The standard InChI is InChI=1S/C20H40O3S/c1-4-7-9-10-11-12-14-15-19(6-3)17-18-20(24(21,22)23)16-13-8-5-2/h6,19-20H,3-5,7-18H2,1-2H3,(H,21,22,23). The van der Waals surface area contributed by atoms with Crippen molar-refractivity contribution in [3.8, 4) is 0 Å². The number of hydrogen-bond acceptors (Lipinski definition) is 2. The van der Waals surface area contributed by atoms with Gasteiger partial charge in [0.05, 0.1) is 5.25 Å². The summed E-state index contributed by atoms with van der Waals surface area (Å²) in [7, 11) is -3.92. The topological polar surface area (TPSA) is 54.4 Å². The Morgan fingerprint density at radius 2 is 1.29 bits per heavy atom. The van der Waals surface area contributed by atoms with E-state index >= 15 is 0 Å². The SMILES string of the molecule is C=CC(CCCCCCCCC)CCC(CCCCC)S(=O)(=O)O. The molecule has 0 aromatic heterocycles. The normalized spacial score (nSPS) is 14.5. The molecule has 0 aliphatic rings. The van der Waals surface area contributed by atoms with Crippen molar-refractivity contribution in [3.63, 3.8) is 0 Å². The van der Waals surface area contributed by atoms with E-state index in [4.69, 9.17) is 0 Å². The Morgan fingerprint density at radius 1 is 0.792 bits per heavy atom. The van der Waals surface area contributed by atoms with Gasteiger partial charge in [0.25, 0.3) is 10.1 Å². The lowest BCUT2D eigenvalue weighted by molar-refractivity contribution is 0.426. The van der Waals surface area contributed by atoms with Crippen LogP contribution in [0.15, 0.2) is 12.7 Å². The predicted molar refractivity (Wildman–Crippen MR) is 105 cm³/mol. The molecule has 0 bridgehead atoms. The Kier molecular flexibility index (Phi) is 14.7. The lowest BCUT2D eigenvalue weighted by Crippen LogP contribution is -2.21. The van der Waals surface area contributed by atoms with Crippen molar-refractivity contribution in [1.82, 2.24) is 0 Å². The Morgan fingerprint density at radius 3 is 1.83 bits per heavy atom. The average molecular weight is 361 g/mol. The van der Waals surface area contributed by atoms with E-state index in [1.165, 1.54) is 44.9 Å². The molecule has 0 amide bonds. The van der Waals surface area contributed by atoms with Crippen molar-refractivity contribution in [2.45, 2.75) is 109 Å². The largest absolute Gasteiger partial charge is 0.285 e. The summed E-state index contributed by atoms with van der Waals surface area (Å²) in [6.45, 7) is 8.23. The van der Waals surface area contributed by atoms with Crippen LogP contribution in [-0.2, 0) is 10.1 Å². The van der Waals surface area contributed by atoms with Crippen LogP contribution in [0.1, 0.15) is 104 Å². The van der Waals surface area contributed by atoms with Gasteiger partial charge in [0.2, 0.25) is 0 Å². The zero-order valence-electron chi connectivity index (χ0n) is 16.0. The Balaban J connectivity index is 4.04.